The monoisotopic (exact) mass is 324 g/mol. The summed E-state index contributed by atoms with van der Waals surface area (Å²) < 4.78 is 12.9. The van der Waals surface area contributed by atoms with Crippen LogP contribution in [0, 0.1) is 5.82 Å². The molecule has 1 unspecified atom stereocenters. The molecule has 1 aliphatic rings. The van der Waals surface area contributed by atoms with Crippen LogP contribution < -0.4 is 10.6 Å². The average molecular weight is 324 g/mol. The number of halogens is 1. The number of anilines is 1. The smallest absolute Gasteiger partial charge is 0.244 e. The van der Waals surface area contributed by atoms with E-state index in [9.17, 15) is 9.18 Å². The maximum Gasteiger partial charge on any atom is 0.244 e. The summed E-state index contributed by atoms with van der Waals surface area (Å²) in [6.07, 6.45) is 5.41. The van der Waals surface area contributed by atoms with Gasteiger partial charge < -0.3 is 10.6 Å². The highest BCUT2D eigenvalue weighted by Gasteiger charge is 2.12. The van der Waals surface area contributed by atoms with Gasteiger partial charge in [0.2, 0.25) is 5.91 Å². The first kappa shape index (κ1) is 16.2. The fourth-order valence-corrected chi connectivity index (χ4v) is 2.84. The van der Waals surface area contributed by atoms with E-state index in [0.29, 0.717) is 0 Å². The zero-order chi connectivity index (χ0) is 16.9. The van der Waals surface area contributed by atoms with E-state index in [1.165, 1.54) is 29.5 Å². The number of carbonyl (C=O) groups excluding carboxylic acids is 1. The quantitative estimate of drug-likeness (QED) is 0.832. The van der Waals surface area contributed by atoms with Gasteiger partial charge in [-0.25, -0.2) is 4.39 Å². The van der Waals surface area contributed by atoms with Crippen molar-refractivity contribution in [3.63, 3.8) is 0 Å². The summed E-state index contributed by atoms with van der Waals surface area (Å²) in [7, 11) is 0. The first-order chi connectivity index (χ1) is 11.6. The van der Waals surface area contributed by atoms with Gasteiger partial charge in [-0.15, -0.1) is 0 Å². The Morgan fingerprint density at radius 3 is 2.83 bits per heavy atom. The lowest BCUT2D eigenvalue weighted by Crippen LogP contribution is -2.25. The predicted octanol–water partition coefficient (Wildman–Crippen LogP) is 4.07. The van der Waals surface area contributed by atoms with Crippen molar-refractivity contribution in [1.82, 2.24) is 5.32 Å². The Bertz CT molecular complexity index is 753. The third-order valence-corrected chi connectivity index (χ3v) is 4.23. The zero-order valence-electron chi connectivity index (χ0n) is 13.7. The summed E-state index contributed by atoms with van der Waals surface area (Å²) in [4.78, 5) is 12.1. The molecular formula is C20H21FN2O. The van der Waals surface area contributed by atoms with E-state index in [1.54, 1.807) is 18.2 Å². The van der Waals surface area contributed by atoms with Gasteiger partial charge in [0.25, 0.3) is 0 Å². The number of hydrogen-bond donors (Lipinski definition) is 2. The normalized spacial score (nSPS) is 14.8. The first-order valence-electron chi connectivity index (χ1n) is 8.22. The van der Waals surface area contributed by atoms with Gasteiger partial charge in [-0.1, -0.05) is 24.3 Å². The van der Waals surface area contributed by atoms with Crippen molar-refractivity contribution in [2.75, 3.05) is 11.9 Å². The van der Waals surface area contributed by atoms with Gasteiger partial charge >= 0.3 is 0 Å². The van der Waals surface area contributed by atoms with E-state index in [1.807, 2.05) is 6.92 Å². The van der Waals surface area contributed by atoms with E-state index < -0.39 is 0 Å². The molecule has 0 saturated heterocycles. The Kier molecular flexibility index (Phi) is 4.94. The van der Waals surface area contributed by atoms with Gasteiger partial charge in [-0.2, -0.15) is 0 Å². The molecule has 2 N–H and O–H groups in total. The summed E-state index contributed by atoms with van der Waals surface area (Å²) in [5.74, 6) is -0.455. The Morgan fingerprint density at radius 2 is 2.04 bits per heavy atom. The highest BCUT2D eigenvalue weighted by molar-refractivity contribution is 5.92. The van der Waals surface area contributed by atoms with Crippen LogP contribution in [0.5, 0.6) is 0 Å². The van der Waals surface area contributed by atoms with Crippen LogP contribution in [0.3, 0.4) is 0 Å². The highest BCUT2D eigenvalue weighted by atomic mass is 19.1. The van der Waals surface area contributed by atoms with Crippen LogP contribution in [-0.2, 0) is 11.2 Å². The summed E-state index contributed by atoms with van der Waals surface area (Å²) in [5.41, 5.74) is 4.37. The molecule has 1 amide bonds. The molecule has 24 heavy (non-hydrogen) atoms. The van der Waals surface area contributed by atoms with Crippen LogP contribution in [0.25, 0.3) is 6.08 Å². The second kappa shape index (κ2) is 7.30. The third-order valence-electron chi connectivity index (χ3n) is 4.23. The highest BCUT2D eigenvalue weighted by Crippen LogP contribution is 2.25. The number of nitrogens with one attached hydrogen (secondary N) is 2. The molecule has 2 aromatic carbocycles. The molecule has 2 aromatic rings. The Morgan fingerprint density at radius 1 is 1.25 bits per heavy atom. The summed E-state index contributed by atoms with van der Waals surface area (Å²) in [5, 5.41) is 6.36. The minimum atomic E-state index is -0.286. The van der Waals surface area contributed by atoms with Crippen LogP contribution in [0.4, 0.5) is 10.1 Å². The minimum absolute atomic E-state index is 0.0793. The standard InChI is InChI=1S/C20H21FN2O/c1-14(17-8-7-16-3-2-12-22-19(16)13-17)23-20(24)11-6-15-4-9-18(21)10-5-15/h4-11,13-14,22H,2-3,12H2,1H3,(H,23,24). The molecule has 0 radical (unpaired) electrons. The second-order valence-corrected chi connectivity index (χ2v) is 6.06. The molecule has 1 heterocycles. The lowest BCUT2D eigenvalue weighted by atomic mass is 9.99. The molecule has 0 fully saturated rings. The lowest BCUT2D eigenvalue weighted by Gasteiger charge is -2.21. The van der Waals surface area contributed by atoms with E-state index in [-0.39, 0.29) is 17.8 Å². The Labute approximate surface area is 141 Å². The number of rotatable bonds is 4. The van der Waals surface area contributed by atoms with Gasteiger partial charge in [0, 0.05) is 18.3 Å². The zero-order valence-corrected chi connectivity index (χ0v) is 13.7. The van der Waals surface area contributed by atoms with Crippen molar-refractivity contribution in [3.8, 4) is 0 Å². The average Bonchev–Trinajstić information content (AvgIpc) is 2.61. The van der Waals surface area contributed by atoms with Crippen molar-refractivity contribution in [2.45, 2.75) is 25.8 Å². The number of carbonyl (C=O) groups is 1. The van der Waals surface area contributed by atoms with Crippen LogP contribution in [0.2, 0.25) is 0 Å². The second-order valence-electron chi connectivity index (χ2n) is 6.06. The molecule has 124 valence electrons. The van der Waals surface area contributed by atoms with Crippen molar-refractivity contribution >= 4 is 17.7 Å². The topological polar surface area (TPSA) is 41.1 Å². The van der Waals surface area contributed by atoms with Gasteiger partial charge in [0.15, 0.2) is 0 Å². The first-order valence-corrected chi connectivity index (χ1v) is 8.22. The fraction of sp³-hybridized carbons (Fsp3) is 0.250. The van der Waals surface area contributed by atoms with E-state index in [0.717, 1.165) is 30.5 Å². The molecule has 4 heteroatoms. The summed E-state index contributed by atoms with van der Waals surface area (Å²) in [6.45, 7) is 2.96. The van der Waals surface area contributed by atoms with Gasteiger partial charge in [-0.05, 0) is 60.7 Å². The summed E-state index contributed by atoms with van der Waals surface area (Å²) in [6, 6.07) is 12.3. The molecule has 0 aromatic heterocycles. The molecule has 0 aliphatic carbocycles. The van der Waals surface area contributed by atoms with E-state index in [4.69, 9.17) is 0 Å². The van der Waals surface area contributed by atoms with Crippen LogP contribution >= 0.6 is 0 Å². The molecule has 0 saturated carbocycles. The Balaban J connectivity index is 1.62. The van der Waals surface area contributed by atoms with Crippen molar-refractivity contribution in [2.24, 2.45) is 0 Å². The molecular weight excluding hydrogens is 303 g/mol. The molecule has 1 aliphatic heterocycles. The van der Waals surface area contributed by atoms with Crippen LogP contribution in [0.15, 0.2) is 48.5 Å². The number of fused-ring (bicyclic) bond motifs is 1. The number of benzene rings is 2. The Hall–Kier alpha value is -2.62. The van der Waals surface area contributed by atoms with Gasteiger partial charge in [0.05, 0.1) is 6.04 Å². The van der Waals surface area contributed by atoms with Crippen LogP contribution in [0.1, 0.15) is 36.1 Å². The number of aryl methyl sites for hydroxylation is 1. The van der Waals surface area contributed by atoms with Crippen LogP contribution in [-0.4, -0.2) is 12.5 Å². The maximum atomic E-state index is 12.9. The van der Waals surface area contributed by atoms with Gasteiger partial charge in [0.1, 0.15) is 5.82 Å². The summed E-state index contributed by atoms with van der Waals surface area (Å²) >= 11 is 0. The number of amides is 1. The van der Waals surface area contributed by atoms with E-state index >= 15 is 0 Å². The lowest BCUT2D eigenvalue weighted by molar-refractivity contribution is -0.117. The third kappa shape index (κ3) is 4.02. The molecule has 3 nitrogen and oxygen atoms in total. The van der Waals surface area contributed by atoms with Crippen molar-refractivity contribution in [3.05, 3.63) is 71.0 Å². The molecule has 0 bridgehead atoms. The fourth-order valence-electron chi connectivity index (χ4n) is 2.84. The van der Waals surface area contributed by atoms with Crippen molar-refractivity contribution in [1.29, 1.82) is 0 Å². The minimum Gasteiger partial charge on any atom is -0.385 e. The maximum absolute atomic E-state index is 12.9. The van der Waals surface area contributed by atoms with Gasteiger partial charge in [-0.3, -0.25) is 4.79 Å². The molecule has 0 spiro atoms. The number of hydrogen-bond acceptors (Lipinski definition) is 2. The largest absolute Gasteiger partial charge is 0.385 e. The SMILES string of the molecule is CC(NC(=O)C=Cc1ccc(F)cc1)c1ccc2c(c1)NCCC2. The predicted molar refractivity (Wildman–Crippen MR) is 95.2 cm³/mol. The molecule has 1 atom stereocenters. The van der Waals surface area contributed by atoms with E-state index in [2.05, 4.69) is 28.8 Å². The molecule has 3 rings (SSSR count). The van der Waals surface area contributed by atoms with Crippen molar-refractivity contribution < 1.29 is 9.18 Å².